The van der Waals surface area contributed by atoms with Gasteiger partial charge >= 0.3 is 5.24 Å². The number of hydrogen-bond acceptors (Lipinski definition) is 4. The van der Waals surface area contributed by atoms with E-state index in [1.54, 1.807) is 6.07 Å². The van der Waals surface area contributed by atoms with Crippen LogP contribution in [-0.2, 0) is 6.54 Å². The van der Waals surface area contributed by atoms with Gasteiger partial charge in [-0.25, -0.2) is 14.4 Å². The molecule has 4 rings (SSSR count). The van der Waals surface area contributed by atoms with Crippen molar-refractivity contribution < 1.29 is 9.18 Å². The summed E-state index contributed by atoms with van der Waals surface area (Å²) in [6, 6.07) is 12.5. The number of imidazole rings is 1. The fraction of sp³-hybridized carbons (Fsp3) is 0.250. The molecule has 0 atom stereocenters. The lowest BCUT2D eigenvalue weighted by Crippen LogP contribution is -2.29. The average Bonchev–Trinajstić information content (AvgIpc) is 3.06. The molecule has 5 nitrogen and oxygen atoms in total. The number of rotatable bonds is 4. The molecule has 27 heavy (non-hydrogen) atoms. The third-order valence-corrected chi connectivity index (χ3v) is 5.44. The van der Waals surface area contributed by atoms with Crippen molar-refractivity contribution in [3.63, 3.8) is 0 Å². The number of hydrogen-bond donors (Lipinski definition) is 0. The number of halogens is 1. The highest BCUT2D eigenvalue weighted by Gasteiger charge is 2.21. The van der Waals surface area contributed by atoms with Crippen LogP contribution in [0.3, 0.4) is 0 Å². The molecule has 3 aromatic rings. The maximum absolute atomic E-state index is 13.7. The fourth-order valence-electron chi connectivity index (χ4n) is 3.24. The van der Waals surface area contributed by atoms with E-state index in [1.165, 1.54) is 28.9 Å². The SMILES string of the molecule is CCN1N=C(c2ccc3c(c2)nc(-c2cccc(F)c2)n3CC)CSC1=O. The van der Waals surface area contributed by atoms with Gasteiger partial charge in [-0.1, -0.05) is 30.0 Å². The van der Waals surface area contributed by atoms with Crippen molar-refractivity contribution in [2.24, 2.45) is 5.10 Å². The minimum Gasteiger partial charge on any atom is -0.324 e. The second-order valence-electron chi connectivity index (χ2n) is 6.21. The Kier molecular flexibility index (Phi) is 4.70. The molecule has 1 aliphatic rings. The molecule has 0 saturated heterocycles. The van der Waals surface area contributed by atoms with E-state index in [4.69, 9.17) is 4.98 Å². The molecule has 0 bridgehead atoms. The molecular weight excluding hydrogens is 363 g/mol. The van der Waals surface area contributed by atoms with Gasteiger partial charge in [-0.2, -0.15) is 5.10 Å². The third-order valence-electron chi connectivity index (χ3n) is 4.56. The van der Waals surface area contributed by atoms with Crippen LogP contribution in [0.15, 0.2) is 47.6 Å². The summed E-state index contributed by atoms with van der Waals surface area (Å²) in [5.41, 5.74) is 4.39. The van der Waals surface area contributed by atoms with Crippen LogP contribution in [0.4, 0.5) is 9.18 Å². The Labute approximate surface area is 160 Å². The summed E-state index contributed by atoms with van der Waals surface area (Å²) in [6.45, 7) is 5.23. The zero-order valence-corrected chi connectivity index (χ0v) is 16.0. The number of carbonyl (C=O) groups is 1. The van der Waals surface area contributed by atoms with Crippen molar-refractivity contribution in [1.82, 2.24) is 14.6 Å². The molecular formula is C20H19FN4OS. The second kappa shape index (κ2) is 7.15. The van der Waals surface area contributed by atoms with E-state index in [-0.39, 0.29) is 11.1 Å². The molecule has 0 N–H and O–H groups in total. The zero-order chi connectivity index (χ0) is 19.0. The minimum absolute atomic E-state index is 0.0222. The summed E-state index contributed by atoms with van der Waals surface area (Å²) in [5.74, 6) is 1.02. The number of carbonyl (C=O) groups excluding carboxylic acids is 1. The molecule has 0 radical (unpaired) electrons. The van der Waals surface area contributed by atoms with Gasteiger partial charge in [-0.15, -0.1) is 0 Å². The van der Waals surface area contributed by atoms with Gasteiger partial charge in [0.1, 0.15) is 11.6 Å². The lowest BCUT2D eigenvalue weighted by atomic mass is 10.1. The van der Waals surface area contributed by atoms with E-state index in [0.717, 1.165) is 40.2 Å². The highest BCUT2D eigenvalue weighted by molar-refractivity contribution is 8.14. The number of amides is 1. The van der Waals surface area contributed by atoms with Crippen molar-refractivity contribution in [1.29, 1.82) is 0 Å². The van der Waals surface area contributed by atoms with Crippen molar-refractivity contribution in [2.45, 2.75) is 20.4 Å². The van der Waals surface area contributed by atoms with Crippen molar-refractivity contribution >= 4 is 33.7 Å². The van der Waals surface area contributed by atoms with Crippen LogP contribution < -0.4 is 0 Å². The number of fused-ring (bicyclic) bond motifs is 1. The molecule has 0 aliphatic carbocycles. The molecule has 0 saturated carbocycles. The highest BCUT2D eigenvalue weighted by Crippen LogP contribution is 2.27. The van der Waals surface area contributed by atoms with Gasteiger partial charge in [-0.05, 0) is 38.1 Å². The Morgan fingerprint density at radius 1 is 1.11 bits per heavy atom. The quantitative estimate of drug-likeness (QED) is 0.654. The highest BCUT2D eigenvalue weighted by atomic mass is 32.2. The van der Waals surface area contributed by atoms with Gasteiger partial charge in [0, 0.05) is 30.0 Å². The first-order valence-corrected chi connectivity index (χ1v) is 9.87. The largest absolute Gasteiger partial charge is 0.324 e. The number of hydrazone groups is 1. The number of thioether (sulfide) groups is 1. The first kappa shape index (κ1) is 17.7. The predicted molar refractivity (Wildman–Crippen MR) is 108 cm³/mol. The first-order chi connectivity index (χ1) is 13.1. The van der Waals surface area contributed by atoms with Gasteiger partial charge in [0.05, 0.1) is 16.7 Å². The number of aromatic nitrogens is 2. The average molecular weight is 382 g/mol. The molecule has 0 fully saturated rings. The van der Waals surface area contributed by atoms with Gasteiger partial charge in [0.25, 0.3) is 0 Å². The maximum Gasteiger partial charge on any atom is 0.302 e. The summed E-state index contributed by atoms with van der Waals surface area (Å²) in [4.78, 5) is 16.6. The Bertz CT molecular complexity index is 1060. The Balaban J connectivity index is 1.81. The summed E-state index contributed by atoms with van der Waals surface area (Å²) >= 11 is 1.26. The standard InChI is InChI=1S/C20H19FN4OS/c1-3-24-18-9-8-13(17-12-27-20(26)25(4-2)23-17)11-16(18)22-19(24)14-6-5-7-15(21)10-14/h5-11H,3-4,12H2,1-2H3. The molecule has 1 aromatic heterocycles. The van der Waals surface area contributed by atoms with Crippen LogP contribution in [-0.4, -0.2) is 37.8 Å². The Morgan fingerprint density at radius 3 is 2.70 bits per heavy atom. The van der Waals surface area contributed by atoms with Crippen LogP contribution in [0.1, 0.15) is 19.4 Å². The topological polar surface area (TPSA) is 50.5 Å². The summed E-state index contributed by atoms with van der Waals surface area (Å²) in [6.07, 6.45) is 0. The number of benzene rings is 2. The smallest absolute Gasteiger partial charge is 0.302 e. The van der Waals surface area contributed by atoms with Crippen LogP contribution in [0.25, 0.3) is 22.4 Å². The van der Waals surface area contributed by atoms with Crippen LogP contribution >= 0.6 is 11.8 Å². The molecule has 1 amide bonds. The third kappa shape index (κ3) is 3.23. The van der Waals surface area contributed by atoms with Gasteiger partial charge in [-0.3, -0.25) is 4.79 Å². The maximum atomic E-state index is 13.7. The first-order valence-electron chi connectivity index (χ1n) is 8.89. The Morgan fingerprint density at radius 2 is 1.96 bits per heavy atom. The van der Waals surface area contributed by atoms with E-state index in [1.807, 2.05) is 38.1 Å². The van der Waals surface area contributed by atoms with Gasteiger partial charge in [0.15, 0.2) is 0 Å². The molecule has 0 unspecified atom stereocenters. The summed E-state index contributed by atoms with van der Waals surface area (Å²) in [7, 11) is 0. The van der Waals surface area contributed by atoms with E-state index in [2.05, 4.69) is 9.67 Å². The number of nitrogens with zero attached hydrogens (tertiary/aromatic N) is 4. The van der Waals surface area contributed by atoms with E-state index in [0.29, 0.717) is 12.3 Å². The van der Waals surface area contributed by atoms with Gasteiger partial charge < -0.3 is 4.57 Å². The zero-order valence-electron chi connectivity index (χ0n) is 15.1. The van der Waals surface area contributed by atoms with E-state index >= 15 is 0 Å². The normalized spacial score (nSPS) is 14.7. The van der Waals surface area contributed by atoms with E-state index in [9.17, 15) is 9.18 Å². The van der Waals surface area contributed by atoms with Crippen LogP contribution in [0.2, 0.25) is 0 Å². The molecule has 7 heteroatoms. The molecule has 2 aromatic carbocycles. The van der Waals surface area contributed by atoms with Crippen molar-refractivity contribution in [2.75, 3.05) is 12.3 Å². The molecule has 2 heterocycles. The fourth-order valence-corrected chi connectivity index (χ4v) is 4.04. The van der Waals surface area contributed by atoms with Crippen molar-refractivity contribution in [3.05, 3.63) is 53.8 Å². The second-order valence-corrected chi connectivity index (χ2v) is 7.14. The monoisotopic (exact) mass is 382 g/mol. The number of aryl methyl sites for hydroxylation is 1. The minimum atomic E-state index is -0.277. The lowest BCUT2D eigenvalue weighted by molar-refractivity contribution is 0.227. The van der Waals surface area contributed by atoms with Crippen molar-refractivity contribution in [3.8, 4) is 11.4 Å². The summed E-state index contributed by atoms with van der Waals surface area (Å²) in [5, 5.41) is 5.93. The van der Waals surface area contributed by atoms with E-state index < -0.39 is 0 Å². The predicted octanol–water partition coefficient (Wildman–Crippen LogP) is 4.76. The summed E-state index contributed by atoms with van der Waals surface area (Å²) < 4.78 is 15.7. The van der Waals surface area contributed by atoms with Crippen LogP contribution in [0.5, 0.6) is 0 Å². The Hall–Kier alpha value is -2.67. The molecule has 0 spiro atoms. The lowest BCUT2D eigenvalue weighted by Gasteiger charge is -2.21. The van der Waals surface area contributed by atoms with Gasteiger partial charge in [0.2, 0.25) is 0 Å². The molecule has 138 valence electrons. The molecule has 1 aliphatic heterocycles. The van der Waals surface area contributed by atoms with Crippen LogP contribution in [0, 0.1) is 5.82 Å².